The van der Waals surface area contributed by atoms with Gasteiger partial charge in [0.25, 0.3) is 0 Å². The Hall–Kier alpha value is -7.11. The van der Waals surface area contributed by atoms with Gasteiger partial charge in [0.15, 0.2) is 0 Å². The number of anilines is 4. The molecule has 7 aromatic carbocycles. The van der Waals surface area contributed by atoms with Crippen LogP contribution in [0.15, 0.2) is 176 Å². The Morgan fingerprint density at radius 2 is 1.03 bits per heavy atom. The van der Waals surface area contributed by atoms with E-state index in [2.05, 4.69) is 240 Å². The molecule has 1 aliphatic rings. The number of aromatic nitrogens is 2. The summed E-state index contributed by atoms with van der Waals surface area (Å²) in [6.45, 7) is 21.0. The van der Waals surface area contributed by atoms with Gasteiger partial charge in [0.2, 0.25) is 0 Å². The molecule has 0 spiro atoms. The average molecular weight is 851 g/mol. The van der Waals surface area contributed by atoms with E-state index in [9.17, 15) is 0 Å². The van der Waals surface area contributed by atoms with Gasteiger partial charge >= 0.3 is 0 Å². The quantitative estimate of drug-likeness (QED) is 0.160. The molecule has 1 aliphatic heterocycles. The van der Waals surface area contributed by atoms with Crippen molar-refractivity contribution in [3.05, 3.63) is 193 Å². The van der Waals surface area contributed by atoms with E-state index in [0.29, 0.717) is 6.67 Å². The minimum atomic E-state index is -0.00770. The minimum Gasteiger partial charge on any atom is -0.457 e. The number of hydrogen-bond acceptors (Lipinski definition) is 4. The highest BCUT2D eigenvalue weighted by atomic mass is 16.5. The molecule has 2 aromatic heterocycles. The zero-order valence-electron chi connectivity index (χ0n) is 39.1. The number of nitrogens with zero attached hydrogens (tertiary/aromatic N) is 4. The maximum atomic E-state index is 6.78. The Bertz CT molecular complexity index is 3210. The molecule has 0 saturated heterocycles. The molecule has 5 heteroatoms. The van der Waals surface area contributed by atoms with Gasteiger partial charge in [-0.05, 0) is 110 Å². The van der Waals surface area contributed by atoms with Gasteiger partial charge in [-0.15, -0.1) is 0 Å². The van der Waals surface area contributed by atoms with Crippen molar-refractivity contribution in [2.45, 2.75) is 78.6 Å². The van der Waals surface area contributed by atoms with Crippen LogP contribution in [0, 0.1) is 0 Å². The van der Waals surface area contributed by atoms with E-state index in [4.69, 9.17) is 9.72 Å². The summed E-state index contributed by atoms with van der Waals surface area (Å²) in [6, 6.07) is 61.7. The molecule has 5 nitrogen and oxygen atoms in total. The molecular formula is C60H58N4O. The Balaban J connectivity index is 1.02. The fourth-order valence-electron chi connectivity index (χ4n) is 9.25. The van der Waals surface area contributed by atoms with Gasteiger partial charge in [-0.1, -0.05) is 159 Å². The van der Waals surface area contributed by atoms with Crippen LogP contribution in [0.3, 0.4) is 0 Å². The summed E-state index contributed by atoms with van der Waals surface area (Å²) in [5.74, 6) is 2.44. The first-order chi connectivity index (χ1) is 31.1. The van der Waals surface area contributed by atoms with Crippen LogP contribution >= 0.6 is 0 Å². The highest BCUT2D eigenvalue weighted by Crippen LogP contribution is 2.48. The van der Waals surface area contributed by atoms with Crippen molar-refractivity contribution in [3.63, 3.8) is 0 Å². The maximum absolute atomic E-state index is 6.78. The molecule has 65 heavy (non-hydrogen) atoms. The minimum absolute atomic E-state index is 0.00770. The first-order valence-corrected chi connectivity index (χ1v) is 22.9. The van der Waals surface area contributed by atoms with Gasteiger partial charge in [-0.25, -0.2) is 4.98 Å². The predicted molar refractivity (Wildman–Crippen MR) is 274 cm³/mol. The smallest absolute Gasteiger partial charge is 0.137 e. The van der Waals surface area contributed by atoms with Gasteiger partial charge in [-0.2, -0.15) is 0 Å². The van der Waals surface area contributed by atoms with Crippen LogP contribution in [0.4, 0.5) is 22.7 Å². The Labute approximate surface area is 384 Å². The zero-order chi connectivity index (χ0) is 45.3. The summed E-state index contributed by atoms with van der Waals surface area (Å²) >= 11 is 0. The zero-order valence-corrected chi connectivity index (χ0v) is 39.1. The molecule has 10 rings (SSSR count). The van der Waals surface area contributed by atoms with Crippen LogP contribution in [-0.2, 0) is 16.2 Å². The van der Waals surface area contributed by atoms with E-state index < -0.39 is 0 Å². The van der Waals surface area contributed by atoms with Crippen molar-refractivity contribution in [1.29, 1.82) is 0 Å². The number of para-hydroxylation sites is 3. The maximum Gasteiger partial charge on any atom is 0.137 e. The number of rotatable bonds is 7. The Morgan fingerprint density at radius 1 is 0.431 bits per heavy atom. The molecule has 0 atom stereocenters. The first kappa shape index (κ1) is 41.9. The Morgan fingerprint density at radius 3 is 1.72 bits per heavy atom. The lowest BCUT2D eigenvalue weighted by atomic mass is 9.85. The molecule has 0 bridgehead atoms. The molecule has 0 aliphatic carbocycles. The summed E-state index contributed by atoms with van der Waals surface area (Å²) in [6.07, 6.45) is 1.92. The second kappa shape index (κ2) is 15.8. The summed E-state index contributed by atoms with van der Waals surface area (Å²) in [7, 11) is 0. The van der Waals surface area contributed by atoms with Crippen molar-refractivity contribution in [3.8, 4) is 39.6 Å². The SMILES string of the molecule is CC(C)(C)c1ccc(-c2ccc(-c3ccc(C(C)(C)C)cc3)c(N3CN(c4cccc(Oc5ccc6c7ccccc7n(-c7cc(C(C)(C)C)ccn7)c6c5)c4)c4ccccc43)c2)cc1. The fraction of sp³-hybridized carbons (Fsp3) is 0.217. The van der Waals surface area contributed by atoms with Crippen molar-refractivity contribution in [2.75, 3.05) is 16.5 Å². The third-order valence-electron chi connectivity index (χ3n) is 13.0. The van der Waals surface area contributed by atoms with E-state index in [1.54, 1.807) is 0 Å². The van der Waals surface area contributed by atoms with Crippen LogP contribution in [-0.4, -0.2) is 16.2 Å². The highest BCUT2D eigenvalue weighted by molar-refractivity contribution is 6.09. The van der Waals surface area contributed by atoms with Crippen molar-refractivity contribution < 1.29 is 4.74 Å². The van der Waals surface area contributed by atoms with Crippen LogP contribution < -0.4 is 14.5 Å². The molecule has 324 valence electrons. The normalized spacial score (nSPS) is 13.2. The molecule has 0 saturated carbocycles. The number of pyridine rings is 1. The topological polar surface area (TPSA) is 33.5 Å². The Kier molecular flexibility index (Phi) is 10.2. The lowest BCUT2D eigenvalue weighted by Gasteiger charge is -2.26. The average Bonchev–Trinajstić information content (AvgIpc) is 3.84. The van der Waals surface area contributed by atoms with Crippen molar-refractivity contribution in [1.82, 2.24) is 9.55 Å². The van der Waals surface area contributed by atoms with E-state index in [-0.39, 0.29) is 16.2 Å². The molecule has 0 radical (unpaired) electrons. The van der Waals surface area contributed by atoms with E-state index in [0.717, 1.165) is 50.8 Å². The van der Waals surface area contributed by atoms with Gasteiger partial charge in [0.1, 0.15) is 24.0 Å². The van der Waals surface area contributed by atoms with Gasteiger partial charge in [0, 0.05) is 40.4 Å². The molecule has 0 fully saturated rings. The molecule has 3 heterocycles. The molecule has 9 aromatic rings. The second-order valence-corrected chi connectivity index (χ2v) is 20.7. The standard InChI is InChI=1S/C60H58N4O/c1-58(2,3)43-26-21-40(22-27-43)42-25-31-49(41-23-28-44(29-24-41)59(4,5)6)55(35-42)63-39-62(53-19-12-13-20-54(53)63)46-15-14-16-47(37-46)65-48-30-32-51-50-17-10-11-18-52(50)64(56(51)38-48)57-36-45(33-34-61-57)60(7,8)9/h10-38H,39H2,1-9H3. The van der Waals surface area contributed by atoms with Gasteiger partial charge in [0.05, 0.1) is 28.1 Å². The number of benzene rings is 7. The fourth-order valence-corrected chi connectivity index (χ4v) is 9.25. The van der Waals surface area contributed by atoms with E-state index >= 15 is 0 Å². The van der Waals surface area contributed by atoms with Crippen LogP contribution in [0.2, 0.25) is 0 Å². The van der Waals surface area contributed by atoms with Gasteiger partial charge < -0.3 is 14.5 Å². The molecule has 0 unspecified atom stereocenters. The summed E-state index contributed by atoms with van der Waals surface area (Å²) in [5.41, 5.74) is 15.5. The lowest BCUT2D eigenvalue weighted by molar-refractivity contribution is 0.483. The third-order valence-corrected chi connectivity index (χ3v) is 13.0. The number of hydrogen-bond donors (Lipinski definition) is 0. The predicted octanol–water partition coefficient (Wildman–Crippen LogP) is 16.4. The number of ether oxygens (including phenoxy) is 1. The van der Waals surface area contributed by atoms with E-state index in [1.807, 2.05) is 12.3 Å². The van der Waals surface area contributed by atoms with Crippen molar-refractivity contribution in [2.24, 2.45) is 0 Å². The molecule has 0 amide bonds. The second-order valence-electron chi connectivity index (χ2n) is 20.7. The monoisotopic (exact) mass is 850 g/mol. The largest absolute Gasteiger partial charge is 0.457 e. The molecular weight excluding hydrogens is 793 g/mol. The van der Waals surface area contributed by atoms with Crippen LogP contribution in [0.1, 0.15) is 79.0 Å². The summed E-state index contributed by atoms with van der Waals surface area (Å²) < 4.78 is 9.05. The lowest BCUT2D eigenvalue weighted by Crippen LogP contribution is -2.24. The first-order valence-electron chi connectivity index (χ1n) is 22.9. The van der Waals surface area contributed by atoms with Crippen LogP contribution in [0.5, 0.6) is 11.5 Å². The third kappa shape index (κ3) is 7.94. The number of fused-ring (bicyclic) bond motifs is 4. The highest BCUT2D eigenvalue weighted by Gasteiger charge is 2.30. The summed E-state index contributed by atoms with van der Waals surface area (Å²) in [5, 5.41) is 2.35. The van der Waals surface area contributed by atoms with Gasteiger partial charge in [-0.3, -0.25) is 4.57 Å². The van der Waals surface area contributed by atoms with Crippen molar-refractivity contribution >= 4 is 44.6 Å². The van der Waals surface area contributed by atoms with Crippen LogP contribution in [0.25, 0.3) is 49.9 Å². The van der Waals surface area contributed by atoms with E-state index in [1.165, 1.54) is 50.0 Å². The molecule has 0 N–H and O–H groups in total. The summed E-state index contributed by atoms with van der Waals surface area (Å²) in [4.78, 5) is 9.76.